The van der Waals surface area contributed by atoms with Gasteiger partial charge in [0.2, 0.25) is 41.4 Å². The Kier molecular flexibility index (Phi) is 22.9. The summed E-state index contributed by atoms with van der Waals surface area (Å²) in [7, 11) is -5.40. The summed E-state index contributed by atoms with van der Waals surface area (Å²) < 4.78 is 51.3. The number of fused-ring (bicyclic) bond motifs is 2. The Hall–Kier alpha value is -6.47. The molecule has 0 radical (unpaired) electrons. The van der Waals surface area contributed by atoms with Gasteiger partial charge in [0.25, 0.3) is 10.4 Å². The Labute approximate surface area is 476 Å². The molecule has 3 aliphatic heterocycles. The maximum absolute atomic E-state index is 14.6. The quantitative estimate of drug-likeness (QED) is 0.0383. The second-order valence-electron chi connectivity index (χ2n) is 19.3. The molecule has 8 amide bonds. The van der Waals surface area contributed by atoms with E-state index in [-0.39, 0.29) is 67.0 Å². The van der Waals surface area contributed by atoms with E-state index in [0.717, 1.165) is 22.8 Å². The second-order valence-corrected chi connectivity index (χ2v) is 20.3. The molecule has 6 rings (SSSR count). The van der Waals surface area contributed by atoms with Gasteiger partial charge < -0.3 is 85.9 Å². The van der Waals surface area contributed by atoms with Gasteiger partial charge in [0.05, 0.1) is 36.9 Å². The van der Waals surface area contributed by atoms with Crippen molar-refractivity contribution in [3.8, 4) is 11.5 Å². The minimum atomic E-state index is -5.40. The Morgan fingerprint density at radius 3 is 2.01 bits per heavy atom. The van der Waals surface area contributed by atoms with E-state index in [1.807, 2.05) is 0 Å². The molecule has 3 aromatic rings. The van der Waals surface area contributed by atoms with Gasteiger partial charge in [-0.25, -0.2) is 13.2 Å². The second kappa shape index (κ2) is 28.6. The van der Waals surface area contributed by atoms with Crippen molar-refractivity contribution in [3.63, 3.8) is 0 Å². The van der Waals surface area contributed by atoms with Gasteiger partial charge in [0.15, 0.2) is 11.5 Å². The molecule has 3 fully saturated rings. The van der Waals surface area contributed by atoms with Crippen LogP contribution in [0.5, 0.6) is 11.5 Å². The molecular formula is C50H63N8NaO19S. The molecule has 424 valence electrons. The number of aliphatic hydroxyl groups is 5. The number of hydrogen-bond acceptors (Lipinski definition) is 19. The van der Waals surface area contributed by atoms with Crippen molar-refractivity contribution in [3.05, 3.63) is 95.6 Å². The van der Waals surface area contributed by atoms with Crippen LogP contribution in [0.4, 0.5) is 4.79 Å². The topological polar surface area (TPSA) is 415 Å². The number of amides is 8. The van der Waals surface area contributed by atoms with Crippen LogP contribution >= 0.6 is 0 Å². The van der Waals surface area contributed by atoms with E-state index >= 15 is 0 Å². The van der Waals surface area contributed by atoms with Gasteiger partial charge in [-0.05, 0) is 48.6 Å². The van der Waals surface area contributed by atoms with Crippen LogP contribution < -0.4 is 70.8 Å². The third-order valence-electron chi connectivity index (χ3n) is 13.2. The van der Waals surface area contributed by atoms with Crippen molar-refractivity contribution >= 4 is 57.8 Å². The maximum Gasteiger partial charge on any atom is 1.00 e. The third kappa shape index (κ3) is 17.8. The molecule has 0 aromatic heterocycles. The number of rotatable bonds is 15. The summed E-state index contributed by atoms with van der Waals surface area (Å²) in [6.45, 7) is 0.612. The summed E-state index contributed by atoms with van der Waals surface area (Å²) in [5.41, 5.74) is 6.80. The zero-order valence-corrected chi connectivity index (χ0v) is 46.2. The number of hydrogen-bond donors (Lipinski definition) is 11. The van der Waals surface area contributed by atoms with Gasteiger partial charge in [0, 0.05) is 38.4 Å². The van der Waals surface area contributed by atoms with E-state index in [0.29, 0.717) is 11.1 Å². The number of nitrogens with zero attached hydrogens (tertiary/aromatic N) is 2. The van der Waals surface area contributed by atoms with Crippen LogP contribution in [0.3, 0.4) is 0 Å². The number of aliphatic hydroxyl groups excluding tert-OH is 5. The predicted octanol–water partition coefficient (Wildman–Crippen LogP) is -6.54. The smallest absolute Gasteiger partial charge is 0.716 e. The number of benzene rings is 3. The molecule has 3 aliphatic rings. The molecule has 29 heteroatoms. The fourth-order valence-corrected chi connectivity index (χ4v) is 9.51. The summed E-state index contributed by atoms with van der Waals surface area (Å²) in [4.78, 5) is 113. The average Bonchev–Trinajstić information content (AvgIpc) is 3.96. The predicted molar refractivity (Wildman–Crippen MR) is 267 cm³/mol. The molecule has 3 aromatic carbocycles. The normalized spacial score (nSPS) is 26.3. The molecule has 12 N–H and O–H groups in total. The standard InChI is InChI=1S/C50H64N8O19S.Na/c1-26-22-58-42(43(26)64)47(68)52-21-31(60)18-34(54-50(71)76-25-30-11-7-4-8-12-30)45(66)55-40(27(2)59)48(69)57-23-32(61)19-35(57)46(67)53-33(44(65)56-41(49(58)70)36(62)20-39(51)63)15-13-28-14-16-37(38(17-28)77-78(72,73)74)75-24-29-9-5-3-6-10-29;/h3-12,14,16-17,26-27,31-36,40-43,59-62,64H,13,15,18-25H2,1-2H3,(H2,51,63)(H,52,68)(H,53,67)(H,54,71)(H,55,66)(H,56,65)(H,72,73,74);/q;+1/p-1/t26-,27+,31-,32+,33?,34-,35-,36?,40-,41-,42-,43-;/m0./s1. The molecular weight excluding hydrogens is 1070 g/mol. The van der Waals surface area contributed by atoms with Crippen molar-refractivity contribution in [1.29, 1.82) is 0 Å². The van der Waals surface area contributed by atoms with E-state index in [1.54, 1.807) is 60.7 Å². The molecule has 0 aliphatic carbocycles. The van der Waals surface area contributed by atoms with Crippen LogP contribution in [-0.2, 0) is 68.3 Å². The summed E-state index contributed by atoms with van der Waals surface area (Å²) >= 11 is 0. The van der Waals surface area contributed by atoms with Gasteiger partial charge in [0.1, 0.15) is 49.5 Å². The monoisotopic (exact) mass is 1130 g/mol. The first-order valence-electron chi connectivity index (χ1n) is 24.8. The average molecular weight is 1140 g/mol. The Bertz CT molecular complexity index is 2770. The third-order valence-corrected chi connectivity index (χ3v) is 13.6. The fraction of sp³-hybridized carbons (Fsp3) is 0.480. The van der Waals surface area contributed by atoms with Crippen molar-refractivity contribution in [1.82, 2.24) is 36.4 Å². The van der Waals surface area contributed by atoms with E-state index in [4.69, 9.17) is 19.4 Å². The fourth-order valence-electron chi connectivity index (χ4n) is 9.16. The summed E-state index contributed by atoms with van der Waals surface area (Å²) in [6, 6.07) is 9.80. The summed E-state index contributed by atoms with van der Waals surface area (Å²) in [5, 5.41) is 67.6. The van der Waals surface area contributed by atoms with E-state index in [2.05, 4.69) is 26.6 Å². The molecule has 79 heavy (non-hydrogen) atoms. The SMILES string of the molecule is C[C@@H](O)[C@@H]1NC(=O)[C@@H](NC(=O)OCc2ccccc2)C[C@H](O)CNC(=O)[C@@H]2[C@@H](O)[C@@H](C)CN2C(=O)[C@H](C(O)CC(N)=O)NC(=O)C(CCc2ccc(OCc3ccccc3)c(OS(=O)(=O)[O-])c2)NC(=O)[C@@H]2C[C@@H](O)CN2C1=O.[Na+]. The van der Waals surface area contributed by atoms with Crippen molar-refractivity contribution in [2.45, 2.75) is 126 Å². The van der Waals surface area contributed by atoms with Crippen LogP contribution in [0.25, 0.3) is 0 Å². The van der Waals surface area contributed by atoms with Gasteiger partial charge >= 0.3 is 35.7 Å². The zero-order chi connectivity index (χ0) is 57.0. The first-order chi connectivity index (χ1) is 36.9. The molecule has 0 saturated carbocycles. The minimum absolute atomic E-state index is 0. The Morgan fingerprint density at radius 1 is 0.772 bits per heavy atom. The van der Waals surface area contributed by atoms with Crippen LogP contribution in [-0.4, -0.2) is 182 Å². The number of primary amides is 1. The molecule has 27 nitrogen and oxygen atoms in total. The number of carbonyl (C=O) groups excluding carboxylic acids is 8. The number of carbonyl (C=O) groups is 8. The summed E-state index contributed by atoms with van der Waals surface area (Å²) in [6.07, 6.45) is -12.6. The number of β-amino-alcohol motifs (C(OH)–C–C–N with tert-alkyl or cyclic N) is 1. The Morgan fingerprint density at radius 2 is 1.39 bits per heavy atom. The summed E-state index contributed by atoms with van der Waals surface area (Å²) in [5.74, 6) is -9.67. The number of alkyl carbamates (subject to hydrolysis) is 1. The van der Waals surface area contributed by atoms with Crippen LogP contribution in [0.2, 0.25) is 0 Å². The van der Waals surface area contributed by atoms with Crippen molar-refractivity contribution in [2.24, 2.45) is 11.7 Å². The number of nitrogens with two attached hydrogens (primary N) is 1. The Balaban J connectivity index is 0.0000115. The maximum atomic E-state index is 14.6. The molecule has 12 atom stereocenters. The van der Waals surface area contributed by atoms with Gasteiger partial charge in [-0.3, -0.25) is 33.6 Å². The first-order valence-corrected chi connectivity index (χ1v) is 26.1. The van der Waals surface area contributed by atoms with E-state index in [1.165, 1.54) is 19.1 Å². The van der Waals surface area contributed by atoms with Crippen molar-refractivity contribution < 1.29 is 120 Å². The van der Waals surface area contributed by atoms with Crippen LogP contribution in [0.15, 0.2) is 78.9 Å². The van der Waals surface area contributed by atoms with Gasteiger partial charge in [-0.2, -0.15) is 0 Å². The number of aryl methyl sites for hydroxylation is 1. The molecule has 0 bridgehead atoms. The molecule has 2 unspecified atom stereocenters. The largest absolute Gasteiger partial charge is 1.00 e. The number of nitrogens with one attached hydrogen (secondary N) is 5. The van der Waals surface area contributed by atoms with Crippen LogP contribution in [0, 0.1) is 5.92 Å². The molecule has 3 heterocycles. The van der Waals surface area contributed by atoms with E-state index in [9.17, 15) is 76.9 Å². The van der Waals surface area contributed by atoms with Crippen molar-refractivity contribution in [2.75, 3.05) is 19.6 Å². The minimum Gasteiger partial charge on any atom is -0.716 e. The zero-order valence-electron chi connectivity index (χ0n) is 43.3. The number of ether oxygens (including phenoxy) is 2. The van der Waals surface area contributed by atoms with Gasteiger partial charge in [-0.15, -0.1) is 0 Å². The van der Waals surface area contributed by atoms with E-state index < -0.39 is 175 Å². The first kappa shape index (κ1) is 63.4. The molecule has 0 spiro atoms. The van der Waals surface area contributed by atoms with Crippen LogP contribution in [0.1, 0.15) is 56.2 Å². The molecule has 3 saturated heterocycles. The van der Waals surface area contributed by atoms with Gasteiger partial charge in [-0.1, -0.05) is 73.7 Å².